The number of H-pyrrole nitrogens is 1. The molecule has 3 rings (SSSR count). The number of ether oxygens (including phenoxy) is 1. The largest absolute Gasteiger partial charge is 0.451 e. The molecular formula is C14H9Cl2N5O3. The zero-order valence-corrected chi connectivity index (χ0v) is 13.5. The fourth-order valence-electron chi connectivity index (χ4n) is 1.92. The van der Waals surface area contributed by atoms with Crippen LogP contribution >= 0.6 is 23.2 Å². The monoisotopic (exact) mass is 365 g/mol. The van der Waals surface area contributed by atoms with Crippen molar-refractivity contribution in [1.82, 2.24) is 24.7 Å². The highest BCUT2D eigenvalue weighted by atomic mass is 35.5. The van der Waals surface area contributed by atoms with Gasteiger partial charge in [-0.25, -0.2) is 19.4 Å². The molecule has 122 valence electrons. The van der Waals surface area contributed by atoms with Crippen molar-refractivity contribution in [3.05, 3.63) is 73.5 Å². The lowest BCUT2D eigenvalue weighted by atomic mass is 10.2. The van der Waals surface area contributed by atoms with Crippen LogP contribution in [0.2, 0.25) is 10.0 Å². The molecule has 2 heterocycles. The first-order valence-corrected chi connectivity index (χ1v) is 7.36. The van der Waals surface area contributed by atoms with E-state index in [1.165, 1.54) is 18.7 Å². The summed E-state index contributed by atoms with van der Waals surface area (Å²) in [5, 5.41) is 4.25. The Morgan fingerprint density at radius 2 is 1.75 bits per heavy atom. The number of nitrogens with zero attached hydrogens (tertiary/aromatic N) is 4. The van der Waals surface area contributed by atoms with E-state index in [0.717, 1.165) is 10.9 Å². The second-order valence-corrected chi connectivity index (χ2v) is 5.48. The summed E-state index contributed by atoms with van der Waals surface area (Å²) >= 11 is 12.4. The van der Waals surface area contributed by atoms with Crippen molar-refractivity contribution >= 4 is 23.2 Å². The topological polar surface area (TPSA) is 103 Å². The molecule has 1 aromatic carbocycles. The van der Waals surface area contributed by atoms with Gasteiger partial charge in [0.05, 0.1) is 29.0 Å². The molecule has 10 heteroatoms. The van der Waals surface area contributed by atoms with Gasteiger partial charge < -0.3 is 4.74 Å². The lowest BCUT2D eigenvalue weighted by Gasteiger charge is -2.11. The van der Waals surface area contributed by atoms with Crippen LogP contribution in [0.5, 0.6) is 11.5 Å². The van der Waals surface area contributed by atoms with E-state index < -0.39 is 11.2 Å². The number of halogens is 2. The van der Waals surface area contributed by atoms with Crippen molar-refractivity contribution in [3.63, 3.8) is 0 Å². The minimum Gasteiger partial charge on any atom is -0.451 e. The Labute approximate surface area is 144 Å². The molecule has 0 aliphatic rings. The van der Waals surface area contributed by atoms with Gasteiger partial charge in [0, 0.05) is 0 Å². The summed E-state index contributed by atoms with van der Waals surface area (Å²) in [7, 11) is 0. The summed E-state index contributed by atoms with van der Waals surface area (Å²) in [5.74, 6) is 0.631. The third-order valence-electron chi connectivity index (χ3n) is 2.93. The van der Waals surface area contributed by atoms with Crippen LogP contribution in [0.1, 0.15) is 5.56 Å². The summed E-state index contributed by atoms with van der Waals surface area (Å²) in [5.41, 5.74) is -0.582. The predicted octanol–water partition coefficient (Wildman–Crippen LogP) is 1.87. The molecule has 0 bridgehead atoms. The van der Waals surface area contributed by atoms with Gasteiger partial charge in [-0.15, -0.1) is 0 Å². The molecule has 8 nitrogen and oxygen atoms in total. The molecule has 0 aliphatic carbocycles. The quantitative estimate of drug-likeness (QED) is 0.756. The van der Waals surface area contributed by atoms with Crippen molar-refractivity contribution in [2.75, 3.05) is 0 Å². The number of hydrogen-bond acceptors (Lipinski definition) is 6. The van der Waals surface area contributed by atoms with Gasteiger partial charge in [0.15, 0.2) is 11.5 Å². The van der Waals surface area contributed by atoms with Crippen LogP contribution in [-0.2, 0) is 6.54 Å². The molecule has 3 aromatic rings. The minimum absolute atomic E-state index is 0.0871. The van der Waals surface area contributed by atoms with Crippen LogP contribution < -0.4 is 16.0 Å². The summed E-state index contributed by atoms with van der Waals surface area (Å²) in [6, 6.07) is 3.18. The van der Waals surface area contributed by atoms with Gasteiger partial charge in [0.2, 0.25) is 0 Å². The number of rotatable bonds is 4. The summed E-state index contributed by atoms with van der Waals surface area (Å²) in [6.45, 7) is 0.0871. The molecule has 1 N–H and O–H groups in total. The third-order valence-corrected chi connectivity index (χ3v) is 3.49. The standard InChI is InChI=1S/C14H9Cl2N5O3/c15-10-1-8(6-21-14(23)20-12(22)5-19-21)2-11(16)13(10)24-9-3-17-7-18-4-9/h1-5,7H,6H2,(H,20,22,23). The Hall–Kier alpha value is -2.71. The second kappa shape index (κ2) is 6.81. The van der Waals surface area contributed by atoms with Crippen LogP contribution in [0.15, 0.2) is 46.6 Å². The highest BCUT2D eigenvalue weighted by Crippen LogP contribution is 2.37. The second-order valence-electron chi connectivity index (χ2n) is 4.66. The van der Waals surface area contributed by atoms with E-state index in [9.17, 15) is 9.59 Å². The maximum atomic E-state index is 11.7. The molecule has 0 saturated carbocycles. The first-order chi connectivity index (χ1) is 11.5. The van der Waals surface area contributed by atoms with E-state index in [-0.39, 0.29) is 22.3 Å². The molecule has 0 atom stereocenters. The molecule has 0 amide bonds. The summed E-state index contributed by atoms with van der Waals surface area (Å²) < 4.78 is 6.64. The molecule has 0 saturated heterocycles. The van der Waals surface area contributed by atoms with Crippen molar-refractivity contribution in [1.29, 1.82) is 0 Å². The van der Waals surface area contributed by atoms with E-state index in [1.807, 2.05) is 0 Å². The van der Waals surface area contributed by atoms with E-state index in [1.54, 1.807) is 12.1 Å². The molecular weight excluding hydrogens is 357 g/mol. The molecule has 0 unspecified atom stereocenters. The Kier molecular flexibility index (Phi) is 4.59. The van der Waals surface area contributed by atoms with Crippen molar-refractivity contribution < 1.29 is 4.74 Å². The van der Waals surface area contributed by atoms with E-state index in [2.05, 4.69) is 20.1 Å². The molecule has 0 fully saturated rings. The van der Waals surface area contributed by atoms with Crippen LogP contribution in [0.4, 0.5) is 0 Å². The zero-order chi connectivity index (χ0) is 17.1. The van der Waals surface area contributed by atoms with Crippen LogP contribution in [0.25, 0.3) is 0 Å². The van der Waals surface area contributed by atoms with Crippen LogP contribution in [0, 0.1) is 0 Å². The number of aromatic nitrogens is 5. The van der Waals surface area contributed by atoms with E-state index >= 15 is 0 Å². The third kappa shape index (κ3) is 3.61. The van der Waals surface area contributed by atoms with Crippen molar-refractivity contribution in [3.8, 4) is 11.5 Å². The normalized spacial score (nSPS) is 10.6. The molecule has 0 spiro atoms. The Balaban J connectivity index is 1.89. The van der Waals surface area contributed by atoms with Crippen LogP contribution in [0.3, 0.4) is 0 Å². The molecule has 0 radical (unpaired) electrons. The maximum absolute atomic E-state index is 11.7. The van der Waals surface area contributed by atoms with Crippen molar-refractivity contribution in [2.45, 2.75) is 6.54 Å². The smallest absolute Gasteiger partial charge is 0.345 e. The predicted molar refractivity (Wildman–Crippen MR) is 86.8 cm³/mol. The highest BCUT2D eigenvalue weighted by Gasteiger charge is 2.12. The number of nitrogens with one attached hydrogen (secondary N) is 1. The van der Waals surface area contributed by atoms with Gasteiger partial charge in [0.25, 0.3) is 5.56 Å². The lowest BCUT2D eigenvalue weighted by Crippen LogP contribution is -2.31. The highest BCUT2D eigenvalue weighted by molar-refractivity contribution is 6.37. The summed E-state index contributed by atoms with van der Waals surface area (Å²) in [4.78, 5) is 32.5. The molecule has 24 heavy (non-hydrogen) atoms. The van der Waals surface area contributed by atoms with Gasteiger partial charge in [-0.1, -0.05) is 23.2 Å². The number of aromatic amines is 1. The SMILES string of the molecule is O=c1cnn(Cc2cc(Cl)c(Oc3cncnc3)c(Cl)c2)c(=O)[nH]1. The molecule has 2 aromatic heterocycles. The van der Waals surface area contributed by atoms with Gasteiger partial charge in [-0.05, 0) is 17.7 Å². The lowest BCUT2D eigenvalue weighted by molar-refractivity contribution is 0.477. The average molecular weight is 366 g/mol. The van der Waals surface area contributed by atoms with Gasteiger partial charge in [0.1, 0.15) is 12.5 Å². The van der Waals surface area contributed by atoms with Gasteiger partial charge in [-0.2, -0.15) is 5.10 Å². The Morgan fingerprint density at radius 1 is 1.08 bits per heavy atom. The maximum Gasteiger partial charge on any atom is 0.345 e. The Bertz CT molecular complexity index is 964. The van der Waals surface area contributed by atoms with E-state index in [0.29, 0.717) is 11.3 Å². The number of hydrogen-bond donors (Lipinski definition) is 1. The molecule has 0 aliphatic heterocycles. The first kappa shape index (κ1) is 16.2. The fourth-order valence-corrected chi connectivity index (χ4v) is 2.53. The first-order valence-electron chi connectivity index (χ1n) is 6.60. The van der Waals surface area contributed by atoms with E-state index in [4.69, 9.17) is 27.9 Å². The van der Waals surface area contributed by atoms with Gasteiger partial charge >= 0.3 is 5.69 Å². The fraction of sp³-hybridized carbons (Fsp3) is 0.0714. The van der Waals surface area contributed by atoms with Crippen molar-refractivity contribution in [2.24, 2.45) is 0 Å². The number of benzene rings is 1. The Morgan fingerprint density at radius 3 is 2.38 bits per heavy atom. The summed E-state index contributed by atoms with van der Waals surface area (Å²) in [6.07, 6.45) is 5.32. The zero-order valence-electron chi connectivity index (χ0n) is 11.9. The van der Waals surface area contributed by atoms with Crippen LogP contribution in [-0.4, -0.2) is 24.7 Å². The van der Waals surface area contributed by atoms with Gasteiger partial charge in [-0.3, -0.25) is 9.78 Å². The minimum atomic E-state index is -0.628. The average Bonchev–Trinajstić information content (AvgIpc) is 2.55.